The lowest BCUT2D eigenvalue weighted by Crippen LogP contribution is -2.33. The van der Waals surface area contributed by atoms with Gasteiger partial charge in [0.25, 0.3) is 0 Å². The Labute approximate surface area is 125 Å². The van der Waals surface area contributed by atoms with Crippen LogP contribution in [-0.4, -0.2) is 33.9 Å². The molecule has 2 heterocycles. The molecule has 0 bridgehead atoms. The topological polar surface area (TPSA) is 49.0 Å². The van der Waals surface area contributed by atoms with Crippen LogP contribution in [0.5, 0.6) is 0 Å². The zero-order valence-corrected chi connectivity index (χ0v) is 12.2. The van der Waals surface area contributed by atoms with E-state index in [9.17, 15) is 4.79 Å². The molecule has 3 rings (SSSR count). The number of fused-ring (bicyclic) bond motifs is 1. The monoisotopic (exact) mass is 283 g/mol. The molecule has 1 N–H and O–H groups in total. The standard InChI is InChI=1S/C17H21N3O/c21-17(8-4-7-14-5-2-1-3-6-14)20-11-9-15-16(10-12-20)19-13-18-15/h1-3,5-6,13H,4,7-12H2,(H,18,19). The van der Waals surface area contributed by atoms with Crippen LogP contribution in [-0.2, 0) is 24.1 Å². The van der Waals surface area contributed by atoms with E-state index in [-0.39, 0.29) is 5.91 Å². The molecule has 1 amide bonds. The summed E-state index contributed by atoms with van der Waals surface area (Å²) >= 11 is 0. The SMILES string of the molecule is O=C(CCCc1ccccc1)N1CCc2nc[nH]c2CC1. The van der Waals surface area contributed by atoms with Gasteiger partial charge < -0.3 is 9.88 Å². The summed E-state index contributed by atoms with van der Waals surface area (Å²) in [7, 11) is 0. The van der Waals surface area contributed by atoms with Gasteiger partial charge >= 0.3 is 0 Å². The van der Waals surface area contributed by atoms with E-state index < -0.39 is 0 Å². The molecule has 0 radical (unpaired) electrons. The maximum absolute atomic E-state index is 12.3. The number of hydrogen-bond donors (Lipinski definition) is 1. The first-order chi connectivity index (χ1) is 10.3. The van der Waals surface area contributed by atoms with Gasteiger partial charge in [-0.2, -0.15) is 0 Å². The second-order valence-corrected chi connectivity index (χ2v) is 5.55. The van der Waals surface area contributed by atoms with Crippen molar-refractivity contribution in [3.8, 4) is 0 Å². The molecule has 2 aromatic rings. The highest BCUT2D eigenvalue weighted by Gasteiger charge is 2.19. The summed E-state index contributed by atoms with van der Waals surface area (Å²) in [6, 6.07) is 10.4. The molecule has 0 spiro atoms. The molecule has 1 aromatic carbocycles. The van der Waals surface area contributed by atoms with E-state index >= 15 is 0 Å². The quantitative estimate of drug-likeness (QED) is 0.936. The van der Waals surface area contributed by atoms with Crippen molar-refractivity contribution >= 4 is 5.91 Å². The third-order valence-electron chi connectivity index (χ3n) is 4.11. The molecule has 4 heteroatoms. The Kier molecular flexibility index (Phi) is 4.34. The number of nitrogens with one attached hydrogen (secondary N) is 1. The summed E-state index contributed by atoms with van der Waals surface area (Å²) in [4.78, 5) is 21.8. The van der Waals surface area contributed by atoms with Crippen molar-refractivity contribution in [3.05, 3.63) is 53.6 Å². The van der Waals surface area contributed by atoms with E-state index in [0.717, 1.165) is 44.5 Å². The van der Waals surface area contributed by atoms with Crippen LogP contribution >= 0.6 is 0 Å². The van der Waals surface area contributed by atoms with Gasteiger partial charge in [0.2, 0.25) is 5.91 Å². The second kappa shape index (κ2) is 6.57. The summed E-state index contributed by atoms with van der Waals surface area (Å²) in [5.41, 5.74) is 3.62. The van der Waals surface area contributed by atoms with Gasteiger partial charge in [0.05, 0.1) is 12.0 Å². The van der Waals surface area contributed by atoms with Crippen molar-refractivity contribution in [1.82, 2.24) is 14.9 Å². The average Bonchev–Trinajstić information content (AvgIpc) is 2.87. The normalized spacial score (nSPS) is 14.6. The van der Waals surface area contributed by atoms with Crippen LogP contribution in [0.1, 0.15) is 29.8 Å². The van der Waals surface area contributed by atoms with E-state index in [1.807, 2.05) is 23.1 Å². The predicted octanol–water partition coefficient (Wildman–Crippen LogP) is 2.36. The number of carbonyl (C=O) groups is 1. The van der Waals surface area contributed by atoms with Gasteiger partial charge in [0.15, 0.2) is 0 Å². The molecular weight excluding hydrogens is 262 g/mol. The van der Waals surface area contributed by atoms with Crippen molar-refractivity contribution in [2.24, 2.45) is 0 Å². The molecule has 21 heavy (non-hydrogen) atoms. The number of carbonyl (C=O) groups excluding carboxylic acids is 1. The van der Waals surface area contributed by atoms with Crippen LogP contribution in [0.2, 0.25) is 0 Å². The number of aryl methyl sites for hydroxylation is 1. The number of benzene rings is 1. The van der Waals surface area contributed by atoms with E-state index in [4.69, 9.17) is 0 Å². The Morgan fingerprint density at radius 2 is 2.00 bits per heavy atom. The molecule has 0 fully saturated rings. The number of H-pyrrole nitrogens is 1. The summed E-state index contributed by atoms with van der Waals surface area (Å²) < 4.78 is 0. The molecule has 0 atom stereocenters. The smallest absolute Gasteiger partial charge is 0.222 e. The molecular formula is C17H21N3O. The van der Waals surface area contributed by atoms with E-state index in [1.165, 1.54) is 11.3 Å². The Bertz CT molecular complexity index is 569. The third-order valence-corrected chi connectivity index (χ3v) is 4.11. The summed E-state index contributed by atoms with van der Waals surface area (Å²) in [6.45, 7) is 1.60. The molecule has 0 saturated carbocycles. The highest BCUT2D eigenvalue weighted by Crippen LogP contribution is 2.13. The molecule has 1 aromatic heterocycles. The lowest BCUT2D eigenvalue weighted by Gasteiger charge is -2.20. The zero-order valence-electron chi connectivity index (χ0n) is 12.2. The fraction of sp³-hybridized carbons (Fsp3) is 0.412. The van der Waals surface area contributed by atoms with Crippen LogP contribution < -0.4 is 0 Å². The Morgan fingerprint density at radius 3 is 2.86 bits per heavy atom. The molecule has 1 aliphatic rings. The Balaban J connectivity index is 1.47. The van der Waals surface area contributed by atoms with Gasteiger partial charge in [-0.05, 0) is 18.4 Å². The number of amides is 1. The largest absolute Gasteiger partial charge is 0.348 e. The van der Waals surface area contributed by atoms with E-state index in [0.29, 0.717) is 6.42 Å². The first kappa shape index (κ1) is 13.9. The van der Waals surface area contributed by atoms with Gasteiger partial charge in [-0.1, -0.05) is 30.3 Å². The number of imidazole rings is 1. The van der Waals surface area contributed by atoms with Gasteiger partial charge in [-0.3, -0.25) is 4.79 Å². The predicted molar refractivity (Wildman–Crippen MR) is 82.0 cm³/mol. The van der Waals surface area contributed by atoms with Crippen LogP contribution in [0, 0.1) is 0 Å². The van der Waals surface area contributed by atoms with Crippen LogP contribution in [0.4, 0.5) is 0 Å². The van der Waals surface area contributed by atoms with Gasteiger partial charge in [-0.15, -0.1) is 0 Å². The molecule has 0 unspecified atom stereocenters. The minimum Gasteiger partial charge on any atom is -0.348 e. The van der Waals surface area contributed by atoms with Crippen molar-refractivity contribution < 1.29 is 4.79 Å². The highest BCUT2D eigenvalue weighted by atomic mass is 16.2. The maximum Gasteiger partial charge on any atom is 0.222 e. The number of hydrogen-bond acceptors (Lipinski definition) is 2. The molecule has 0 saturated heterocycles. The van der Waals surface area contributed by atoms with Gasteiger partial charge in [0.1, 0.15) is 0 Å². The minimum absolute atomic E-state index is 0.274. The average molecular weight is 283 g/mol. The number of nitrogens with zero attached hydrogens (tertiary/aromatic N) is 2. The van der Waals surface area contributed by atoms with Gasteiger partial charge in [0, 0.05) is 38.0 Å². The molecule has 0 aliphatic carbocycles. The lowest BCUT2D eigenvalue weighted by atomic mass is 10.1. The van der Waals surface area contributed by atoms with Crippen LogP contribution in [0.15, 0.2) is 36.7 Å². The van der Waals surface area contributed by atoms with E-state index in [2.05, 4.69) is 22.1 Å². The summed E-state index contributed by atoms with van der Waals surface area (Å²) in [5, 5.41) is 0. The van der Waals surface area contributed by atoms with Crippen molar-refractivity contribution in [3.63, 3.8) is 0 Å². The lowest BCUT2D eigenvalue weighted by molar-refractivity contribution is -0.131. The molecule has 1 aliphatic heterocycles. The van der Waals surface area contributed by atoms with Gasteiger partial charge in [-0.25, -0.2) is 4.98 Å². The Hall–Kier alpha value is -2.10. The fourth-order valence-corrected chi connectivity index (χ4v) is 2.88. The fourth-order valence-electron chi connectivity index (χ4n) is 2.88. The Morgan fingerprint density at radius 1 is 1.19 bits per heavy atom. The molecule has 4 nitrogen and oxygen atoms in total. The highest BCUT2D eigenvalue weighted by molar-refractivity contribution is 5.76. The van der Waals surface area contributed by atoms with Crippen molar-refractivity contribution in [1.29, 1.82) is 0 Å². The first-order valence-corrected chi connectivity index (χ1v) is 7.66. The van der Waals surface area contributed by atoms with Crippen LogP contribution in [0.3, 0.4) is 0 Å². The zero-order chi connectivity index (χ0) is 14.5. The summed E-state index contributed by atoms with van der Waals surface area (Å²) in [5.74, 6) is 0.274. The van der Waals surface area contributed by atoms with E-state index in [1.54, 1.807) is 6.33 Å². The molecule has 110 valence electrons. The summed E-state index contributed by atoms with van der Waals surface area (Å²) in [6.07, 6.45) is 6.03. The minimum atomic E-state index is 0.274. The second-order valence-electron chi connectivity index (χ2n) is 5.55. The third kappa shape index (κ3) is 3.51. The number of aromatic nitrogens is 2. The van der Waals surface area contributed by atoms with Crippen molar-refractivity contribution in [2.45, 2.75) is 32.1 Å². The first-order valence-electron chi connectivity index (χ1n) is 7.66. The maximum atomic E-state index is 12.3. The number of aromatic amines is 1. The van der Waals surface area contributed by atoms with Crippen molar-refractivity contribution in [2.75, 3.05) is 13.1 Å². The number of rotatable bonds is 4. The van der Waals surface area contributed by atoms with Crippen LogP contribution in [0.25, 0.3) is 0 Å².